The number of fused-ring (bicyclic) bond motifs is 1. The number of hydrogen-bond donors (Lipinski definition) is 1. The number of aromatic nitrogens is 1. The molecular formula is C13H11ClF3IN2. The first-order chi connectivity index (χ1) is 9.32. The van der Waals surface area contributed by atoms with Crippen molar-refractivity contribution in [3.8, 4) is 0 Å². The second-order valence-corrected chi connectivity index (χ2v) is 5.86. The van der Waals surface area contributed by atoms with Crippen LogP contribution in [0.4, 0.5) is 18.9 Å². The van der Waals surface area contributed by atoms with E-state index in [4.69, 9.17) is 11.6 Å². The number of rotatable bonds is 3. The minimum atomic E-state index is -4.47. The Labute approximate surface area is 132 Å². The fraction of sp³-hybridized carbons (Fsp3) is 0.308. The van der Waals surface area contributed by atoms with Crippen molar-refractivity contribution in [2.45, 2.75) is 19.5 Å². The van der Waals surface area contributed by atoms with E-state index >= 15 is 0 Å². The van der Waals surface area contributed by atoms with Crippen LogP contribution in [-0.4, -0.2) is 11.5 Å². The van der Waals surface area contributed by atoms with Crippen LogP contribution < -0.4 is 5.32 Å². The van der Waals surface area contributed by atoms with E-state index in [9.17, 15) is 13.2 Å². The zero-order chi connectivity index (χ0) is 14.9. The maximum Gasteiger partial charge on any atom is 0.433 e. The van der Waals surface area contributed by atoms with Crippen molar-refractivity contribution < 1.29 is 13.2 Å². The van der Waals surface area contributed by atoms with Crippen LogP contribution in [-0.2, 0) is 6.18 Å². The lowest BCUT2D eigenvalue weighted by Gasteiger charge is -2.14. The largest absolute Gasteiger partial charge is 0.433 e. The smallest absolute Gasteiger partial charge is 0.384 e. The average Bonchev–Trinajstić information content (AvgIpc) is 2.34. The maximum atomic E-state index is 12.9. The topological polar surface area (TPSA) is 24.9 Å². The van der Waals surface area contributed by atoms with Crippen molar-refractivity contribution in [2.24, 2.45) is 0 Å². The summed E-state index contributed by atoms with van der Waals surface area (Å²) in [6, 6.07) is 4.26. The van der Waals surface area contributed by atoms with E-state index < -0.39 is 11.9 Å². The highest BCUT2D eigenvalue weighted by molar-refractivity contribution is 14.1. The molecule has 7 heteroatoms. The third-order valence-corrected chi connectivity index (χ3v) is 3.73. The van der Waals surface area contributed by atoms with Crippen LogP contribution in [0, 0.1) is 3.57 Å². The Morgan fingerprint density at radius 2 is 2.00 bits per heavy atom. The Balaban J connectivity index is 2.71. The fourth-order valence-corrected chi connectivity index (χ4v) is 2.95. The summed E-state index contributed by atoms with van der Waals surface area (Å²) >= 11 is 7.92. The van der Waals surface area contributed by atoms with Crippen LogP contribution in [0.25, 0.3) is 10.9 Å². The maximum absolute atomic E-state index is 12.9. The van der Waals surface area contributed by atoms with E-state index in [1.165, 1.54) is 0 Å². The van der Waals surface area contributed by atoms with Gasteiger partial charge in [0, 0.05) is 26.2 Å². The summed E-state index contributed by atoms with van der Waals surface area (Å²) in [4.78, 5) is 3.72. The molecule has 0 amide bonds. The molecule has 0 aliphatic rings. The number of nitrogens with zero attached hydrogens (tertiary/aromatic N) is 1. The Hall–Kier alpha value is -0.760. The van der Waals surface area contributed by atoms with Gasteiger partial charge in [-0.05, 0) is 47.2 Å². The monoisotopic (exact) mass is 414 g/mol. The number of alkyl halides is 3. The summed E-state index contributed by atoms with van der Waals surface area (Å²) < 4.78 is 39.3. The molecule has 1 heterocycles. The summed E-state index contributed by atoms with van der Waals surface area (Å²) in [5.74, 6) is 0. The second kappa shape index (κ2) is 5.93. The first-order valence-corrected chi connectivity index (χ1v) is 7.39. The van der Waals surface area contributed by atoms with Crippen molar-refractivity contribution >= 4 is 50.8 Å². The van der Waals surface area contributed by atoms with E-state index in [0.29, 0.717) is 31.7 Å². The summed E-state index contributed by atoms with van der Waals surface area (Å²) in [6.07, 6.45) is -3.66. The molecule has 0 saturated carbocycles. The summed E-state index contributed by atoms with van der Waals surface area (Å²) in [5.41, 5.74) is -0.183. The van der Waals surface area contributed by atoms with E-state index in [1.54, 1.807) is 12.1 Å². The van der Waals surface area contributed by atoms with Crippen molar-refractivity contribution in [3.63, 3.8) is 0 Å². The van der Waals surface area contributed by atoms with Crippen molar-refractivity contribution in [3.05, 3.63) is 32.5 Å². The minimum absolute atomic E-state index is 0.309. The third kappa shape index (κ3) is 3.28. The molecule has 0 aliphatic carbocycles. The molecule has 0 bridgehead atoms. The van der Waals surface area contributed by atoms with E-state index in [0.717, 1.165) is 12.5 Å². The van der Waals surface area contributed by atoms with Crippen LogP contribution in [0.3, 0.4) is 0 Å². The van der Waals surface area contributed by atoms with Gasteiger partial charge in [-0.2, -0.15) is 13.2 Å². The molecule has 1 N–H and O–H groups in total. The Morgan fingerprint density at radius 1 is 1.30 bits per heavy atom. The molecule has 2 rings (SSSR count). The molecule has 2 nitrogen and oxygen atoms in total. The van der Waals surface area contributed by atoms with Gasteiger partial charge in [-0.1, -0.05) is 18.5 Å². The number of benzene rings is 1. The summed E-state index contributed by atoms with van der Waals surface area (Å²) in [7, 11) is 0. The zero-order valence-corrected chi connectivity index (χ0v) is 13.4. The van der Waals surface area contributed by atoms with Crippen molar-refractivity contribution in [1.29, 1.82) is 0 Å². The molecule has 0 radical (unpaired) electrons. The van der Waals surface area contributed by atoms with Crippen LogP contribution in [0.2, 0.25) is 5.02 Å². The molecule has 108 valence electrons. The van der Waals surface area contributed by atoms with E-state index in [2.05, 4.69) is 10.3 Å². The van der Waals surface area contributed by atoms with Gasteiger partial charge in [0.15, 0.2) is 0 Å². The summed E-state index contributed by atoms with van der Waals surface area (Å²) in [5, 5.41) is 4.08. The molecular weight excluding hydrogens is 404 g/mol. The van der Waals surface area contributed by atoms with Crippen molar-refractivity contribution in [1.82, 2.24) is 4.98 Å². The first-order valence-electron chi connectivity index (χ1n) is 5.93. The highest BCUT2D eigenvalue weighted by Crippen LogP contribution is 2.35. The predicted octanol–water partition coefficient (Wildman–Crippen LogP) is 5.33. The van der Waals surface area contributed by atoms with Gasteiger partial charge in [0.1, 0.15) is 5.69 Å². The zero-order valence-electron chi connectivity index (χ0n) is 10.5. The quantitative estimate of drug-likeness (QED) is 0.687. The lowest BCUT2D eigenvalue weighted by molar-refractivity contribution is -0.140. The molecule has 0 spiro atoms. The summed E-state index contributed by atoms with van der Waals surface area (Å²) in [6.45, 7) is 2.53. The molecule has 0 saturated heterocycles. The van der Waals surface area contributed by atoms with Gasteiger partial charge in [0.25, 0.3) is 0 Å². The minimum Gasteiger partial charge on any atom is -0.384 e. The van der Waals surface area contributed by atoms with Gasteiger partial charge >= 0.3 is 6.18 Å². The normalized spacial score (nSPS) is 11.9. The number of anilines is 1. The lowest BCUT2D eigenvalue weighted by atomic mass is 10.1. The molecule has 0 fully saturated rings. The van der Waals surface area contributed by atoms with Gasteiger partial charge < -0.3 is 5.32 Å². The van der Waals surface area contributed by atoms with Gasteiger partial charge in [-0.15, -0.1) is 0 Å². The first kappa shape index (κ1) is 15.6. The highest BCUT2D eigenvalue weighted by atomic mass is 127. The predicted molar refractivity (Wildman–Crippen MR) is 83.3 cm³/mol. The molecule has 20 heavy (non-hydrogen) atoms. The van der Waals surface area contributed by atoms with Crippen LogP contribution in [0.5, 0.6) is 0 Å². The average molecular weight is 415 g/mol. The van der Waals surface area contributed by atoms with E-state index in [-0.39, 0.29) is 0 Å². The van der Waals surface area contributed by atoms with Gasteiger partial charge in [-0.25, -0.2) is 4.98 Å². The third-order valence-electron chi connectivity index (χ3n) is 2.69. The molecule has 0 aliphatic heterocycles. The number of halogens is 5. The second-order valence-electron chi connectivity index (χ2n) is 4.26. The molecule has 2 aromatic rings. The van der Waals surface area contributed by atoms with Crippen LogP contribution in [0.1, 0.15) is 19.0 Å². The van der Waals surface area contributed by atoms with E-state index in [1.807, 2.05) is 29.5 Å². The van der Waals surface area contributed by atoms with Crippen LogP contribution >= 0.6 is 34.2 Å². The lowest BCUT2D eigenvalue weighted by Crippen LogP contribution is -2.10. The fourth-order valence-electron chi connectivity index (χ4n) is 1.80. The van der Waals surface area contributed by atoms with Gasteiger partial charge in [0.2, 0.25) is 0 Å². The van der Waals surface area contributed by atoms with Gasteiger partial charge in [-0.3, -0.25) is 0 Å². The Kier molecular flexibility index (Phi) is 4.63. The molecule has 0 unspecified atom stereocenters. The number of nitrogens with one attached hydrogen (secondary N) is 1. The molecule has 1 aromatic carbocycles. The Bertz CT molecular complexity index is 644. The highest BCUT2D eigenvalue weighted by Gasteiger charge is 2.33. The van der Waals surface area contributed by atoms with Gasteiger partial charge in [0.05, 0.1) is 5.52 Å². The number of pyridine rings is 1. The molecule has 1 aromatic heterocycles. The van der Waals surface area contributed by atoms with Crippen LogP contribution in [0.15, 0.2) is 18.2 Å². The SMILES string of the molecule is CCCNc1cc(C(F)(F)F)nc2c(I)cc(Cl)cc12. The number of hydrogen-bond acceptors (Lipinski definition) is 2. The van der Waals surface area contributed by atoms with Crippen molar-refractivity contribution in [2.75, 3.05) is 11.9 Å². The Morgan fingerprint density at radius 3 is 2.60 bits per heavy atom. The molecule has 0 atom stereocenters. The standard InChI is InChI=1S/C13H11ClF3IN2/c1-2-3-19-10-6-11(13(15,16)17)20-12-8(10)4-7(14)5-9(12)18/h4-6H,2-3H2,1H3,(H,19,20).